The second-order valence-electron chi connectivity index (χ2n) is 5.82. The number of thioether (sulfide) groups is 1. The highest BCUT2D eigenvalue weighted by molar-refractivity contribution is 8.01. The van der Waals surface area contributed by atoms with Gasteiger partial charge < -0.3 is 15.2 Å². The predicted octanol–water partition coefficient (Wildman–Crippen LogP) is 2.79. The molecule has 6 heteroatoms. The molecule has 1 aromatic rings. The molecule has 1 aromatic carbocycles. The quantitative estimate of drug-likeness (QED) is 0.754. The molecule has 0 heterocycles. The number of amides is 1. The molecule has 1 atom stereocenters. The molecule has 0 saturated carbocycles. The van der Waals surface area contributed by atoms with E-state index in [4.69, 9.17) is 4.74 Å². The number of nitrogens with one attached hydrogen (secondary N) is 1. The van der Waals surface area contributed by atoms with Crippen molar-refractivity contribution in [1.29, 1.82) is 0 Å². The van der Waals surface area contributed by atoms with Crippen LogP contribution in [0.4, 0.5) is 0 Å². The van der Waals surface area contributed by atoms with Crippen LogP contribution in [-0.4, -0.2) is 34.9 Å². The van der Waals surface area contributed by atoms with Gasteiger partial charge in [-0.25, -0.2) is 4.79 Å². The molecule has 0 aliphatic carbocycles. The first kappa shape index (κ1) is 18.4. The fourth-order valence-corrected chi connectivity index (χ4v) is 2.90. The van der Waals surface area contributed by atoms with Gasteiger partial charge in [-0.1, -0.05) is 19.9 Å². The molecule has 0 spiro atoms. The molecule has 5 nitrogen and oxygen atoms in total. The maximum atomic E-state index is 12.4. The zero-order valence-corrected chi connectivity index (χ0v) is 14.4. The van der Waals surface area contributed by atoms with Gasteiger partial charge >= 0.3 is 5.97 Å². The average molecular weight is 325 g/mol. The van der Waals surface area contributed by atoms with E-state index in [1.165, 1.54) is 11.8 Å². The van der Waals surface area contributed by atoms with E-state index in [9.17, 15) is 14.7 Å². The Kier molecular flexibility index (Phi) is 6.29. The molecule has 2 N–H and O–H groups in total. The molecule has 0 aliphatic heterocycles. The molecule has 0 radical (unpaired) electrons. The fourth-order valence-electron chi connectivity index (χ4n) is 1.83. The van der Waals surface area contributed by atoms with Gasteiger partial charge in [-0.15, -0.1) is 11.8 Å². The maximum absolute atomic E-state index is 12.4. The number of hydrogen-bond acceptors (Lipinski definition) is 4. The lowest BCUT2D eigenvalue weighted by Gasteiger charge is -2.27. The molecule has 1 amide bonds. The number of rotatable bonds is 7. The lowest BCUT2D eigenvalue weighted by molar-refractivity contribution is -0.143. The number of aliphatic carboxylic acids is 1. The van der Waals surface area contributed by atoms with E-state index in [0.29, 0.717) is 5.75 Å². The van der Waals surface area contributed by atoms with Crippen LogP contribution in [0.3, 0.4) is 0 Å². The van der Waals surface area contributed by atoms with Gasteiger partial charge in [-0.3, -0.25) is 4.79 Å². The van der Waals surface area contributed by atoms with E-state index in [1.54, 1.807) is 34.8 Å². The van der Waals surface area contributed by atoms with E-state index >= 15 is 0 Å². The van der Waals surface area contributed by atoms with Crippen LogP contribution < -0.4 is 10.1 Å². The summed E-state index contributed by atoms with van der Waals surface area (Å²) in [6.07, 6.45) is 0. The number of hydrogen-bond donors (Lipinski definition) is 2. The Bertz CT molecular complexity index is 543. The molecule has 1 unspecified atom stereocenters. The zero-order chi connectivity index (χ0) is 16.9. The maximum Gasteiger partial charge on any atom is 0.326 e. The summed E-state index contributed by atoms with van der Waals surface area (Å²) >= 11 is 1.36. The highest BCUT2D eigenvalue weighted by atomic mass is 32.2. The van der Waals surface area contributed by atoms with Gasteiger partial charge in [0.15, 0.2) is 0 Å². The number of carboxylic acid groups (broad SMARTS) is 1. The molecular formula is C16H23NO4S. The van der Waals surface area contributed by atoms with Crippen LogP contribution in [0.1, 0.15) is 27.7 Å². The van der Waals surface area contributed by atoms with Crippen molar-refractivity contribution in [2.75, 3.05) is 7.11 Å². The van der Waals surface area contributed by atoms with Gasteiger partial charge in [-0.05, 0) is 38.0 Å². The number of carbonyl (C=O) groups is 2. The number of methoxy groups -OCH3 is 1. The van der Waals surface area contributed by atoms with E-state index < -0.39 is 16.8 Å². The molecule has 0 bridgehead atoms. The van der Waals surface area contributed by atoms with Crippen molar-refractivity contribution in [1.82, 2.24) is 5.32 Å². The van der Waals surface area contributed by atoms with E-state index in [-0.39, 0.29) is 11.8 Å². The summed E-state index contributed by atoms with van der Waals surface area (Å²) in [5.41, 5.74) is 0. The van der Waals surface area contributed by atoms with Gasteiger partial charge in [0.05, 0.1) is 11.9 Å². The third-order valence-electron chi connectivity index (χ3n) is 3.18. The minimum Gasteiger partial charge on any atom is -0.497 e. The van der Waals surface area contributed by atoms with Crippen LogP contribution in [0.25, 0.3) is 0 Å². The monoisotopic (exact) mass is 325 g/mol. The third-order valence-corrected chi connectivity index (χ3v) is 4.37. The lowest BCUT2D eigenvalue weighted by Crippen LogP contribution is -2.50. The van der Waals surface area contributed by atoms with Crippen LogP contribution in [0, 0.1) is 5.92 Å². The third kappa shape index (κ3) is 4.94. The van der Waals surface area contributed by atoms with Gasteiger partial charge in [0.2, 0.25) is 5.91 Å². The van der Waals surface area contributed by atoms with Crippen molar-refractivity contribution in [3.63, 3.8) is 0 Å². The highest BCUT2D eigenvalue weighted by Gasteiger charge is 2.33. The summed E-state index contributed by atoms with van der Waals surface area (Å²) in [6, 6.07) is 6.52. The van der Waals surface area contributed by atoms with E-state index in [2.05, 4.69) is 5.32 Å². The predicted molar refractivity (Wildman–Crippen MR) is 87.3 cm³/mol. The second-order valence-corrected chi connectivity index (χ2v) is 7.52. The fraction of sp³-hybridized carbons (Fsp3) is 0.500. The second kappa shape index (κ2) is 7.54. The van der Waals surface area contributed by atoms with Crippen LogP contribution in [-0.2, 0) is 9.59 Å². The normalized spacial score (nSPS) is 12.8. The van der Waals surface area contributed by atoms with Crippen LogP contribution in [0.5, 0.6) is 5.75 Å². The molecule has 0 aromatic heterocycles. The molecular weight excluding hydrogens is 302 g/mol. The van der Waals surface area contributed by atoms with E-state index in [0.717, 1.165) is 4.90 Å². The molecule has 0 fully saturated rings. The Balaban J connectivity index is 2.83. The molecule has 1 rings (SSSR count). The summed E-state index contributed by atoms with van der Waals surface area (Å²) < 4.78 is 4.37. The van der Waals surface area contributed by atoms with Gasteiger partial charge in [-0.2, -0.15) is 0 Å². The Labute approximate surface area is 135 Å². The van der Waals surface area contributed by atoms with Crippen molar-refractivity contribution in [3.05, 3.63) is 24.3 Å². The Hall–Kier alpha value is -1.69. The first-order chi connectivity index (χ1) is 10.2. The van der Waals surface area contributed by atoms with Crippen molar-refractivity contribution in [2.45, 2.75) is 43.4 Å². The van der Waals surface area contributed by atoms with Crippen LogP contribution in [0.2, 0.25) is 0 Å². The Morgan fingerprint density at radius 2 is 1.95 bits per heavy atom. The summed E-state index contributed by atoms with van der Waals surface area (Å²) in [7, 11) is 1.59. The minimum absolute atomic E-state index is 0.181. The zero-order valence-electron chi connectivity index (χ0n) is 13.5. The first-order valence-corrected chi connectivity index (χ1v) is 7.86. The SMILES string of the molecule is COc1cccc(SC(C)(C)C(=O)NC(C(=O)O)C(C)C)c1. The first-order valence-electron chi connectivity index (χ1n) is 7.04. The van der Waals surface area contributed by atoms with Crippen LogP contribution >= 0.6 is 11.8 Å². The number of ether oxygens (including phenoxy) is 1. The molecule has 22 heavy (non-hydrogen) atoms. The van der Waals surface area contributed by atoms with Gasteiger partial charge in [0, 0.05) is 4.90 Å². The summed E-state index contributed by atoms with van der Waals surface area (Å²) in [5.74, 6) is -0.794. The Morgan fingerprint density at radius 3 is 2.45 bits per heavy atom. The molecule has 0 aliphatic rings. The lowest BCUT2D eigenvalue weighted by atomic mass is 10.0. The average Bonchev–Trinajstić information content (AvgIpc) is 2.43. The highest BCUT2D eigenvalue weighted by Crippen LogP contribution is 2.34. The van der Waals surface area contributed by atoms with Crippen molar-refractivity contribution in [2.24, 2.45) is 5.92 Å². The minimum atomic E-state index is -1.02. The van der Waals surface area contributed by atoms with Crippen molar-refractivity contribution in [3.8, 4) is 5.75 Å². The van der Waals surface area contributed by atoms with E-state index in [1.807, 2.05) is 24.3 Å². The van der Waals surface area contributed by atoms with Gasteiger partial charge in [0.25, 0.3) is 0 Å². The topological polar surface area (TPSA) is 75.6 Å². The number of benzene rings is 1. The van der Waals surface area contributed by atoms with Crippen molar-refractivity contribution < 1.29 is 19.4 Å². The number of carbonyl (C=O) groups excluding carboxylic acids is 1. The summed E-state index contributed by atoms with van der Waals surface area (Å²) in [5, 5.41) is 11.8. The summed E-state index contributed by atoms with van der Waals surface area (Å²) in [4.78, 5) is 24.5. The molecule has 0 saturated heterocycles. The van der Waals surface area contributed by atoms with Crippen LogP contribution in [0.15, 0.2) is 29.2 Å². The largest absolute Gasteiger partial charge is 0.497 e. The summed E-state index contributed by atoms with van der Waals surface area (Å²) in [6.45, 7) is 7.07. The standard InChI is InChI=1S/C16H23NO4S/c1-10(2)13(14(18)19)17-15(20)16(3,4)22-12-8-6-7-11(9-12)21-5/h6-10,13H,1-5H3,(H,17,20)(H,18,19). The number of carboxylic acids is 1. The smallest absolute Gasteiger partial charge is 0.326 e. The Morgan fingerprint density at radius 1 is 1.32 bits per heavy atom. The van der Waals surface area contributed by atoms with Gasteiger partial charge in [0.1, 0.15) is 11.8 Å². The van der Waals surface area contributed by atoms with Crippen molar-refractivity contribution >= 4 is 23.6 Å². The molecule has 122 valence electrons.